The minimum absolute atomic E-state index is 0.958. The molecule has 32 valence electrons. The van der Waals surface area contributed by atoms with Gasteiger partial charge in [-0.2, -0.15) is 4.94 Å². The normalized spacial score (nSPS) is 4.40. The molecule has 0 unspecified atom stereocenters. The van der Waals surface area contributed by atoms with E-state index in [-0.39, 0.29) is 0 Å². The first kappa shape index (κ1) is 8.82. The topological polar surface area (TPSA) is 9.23 Å². The Bertz CT molecular complexity index is 10.9. The standard InChI is InChI=1S/C2H4.CH3FO/c1-2;1-3-2/h1-2H2;1H3. The van der Waals surface area contributed by atoms with Crippen molar-refractivity contribution in [2.45, 2.75) is 0 Å². The molecule has 0 saturated heterocycles. The molecule has 0 heterocycles. The van der Waals surface area contributed by atoms with Crippen LogP contribution in [-0.2, 0) is 4.94 Å². The Kier molecular flexibility index (Phi) is 112. The Labute approximate surface area is 31.0 Å². The lowest BCUT2D eigenvalue weighted by Gasteiger charge is -1.51. The molecule has 0 bridgehead atoms. The lowest BCUT2D eigenvalue weighted by atomic mass is 11.3. The van der Waals surface area contributed by atoms with E-state index in [2.05, 4.69) is 18.1 Å². The summed E-state index contributed by atoms with van der Waals surface area (Å²) in [4.78, 5) is 2.75. The van der Waals surface area contributed by atoms with Crippen molar-refractivity contribution in [2.24, 2.45) is 0 Å². The fraction of sp³-hybridized carbons (Fsp3) is 0.333. The van der Waals surface area contributed by atoms with Crippen LogP contribution in [0.3, 0.4) is 0 Å². The molecule has 0 spiro atoms. The van der Waals surface area contributed by atoms with Gasteiger partial charge in [0, 0.05) is 0 Å². The maximum absolute atomic E-state index is 9.79. The van der Waals surface area contributed by atoms with Crippen molar-refractivity contribution in [1.82, 2.24) is 0 Å². The Balaban J connectivity index is 0. The minimum Gasteiger partial charge on any atom is -0.198 e. The van der Waals surface area contributed by atoms with E-state index in [1.165, 1.54) is 0 Å². The van der Waals surface area contributed by atoms with Gasteiger partial charge in [0.15, 0.2) is 0 Å². The molecule has 0 fully saturated rings. The van der Waals surface area contributed by atoms with Crippen LogP contribution in [0, 0.1) is 0 Å². The van der Waals surface area contributed by atoms with Crippen LogP contribution >= 0.6 is 0 Å². The van der Waals surface area contributed by atoms with E-state index >= 15 is 0 Å². The molecule has 0 amide bonds. The number of hydrogen-bond donors (Lipinski definition) is 0. The summed E-state index contributed by atoms with van der Waals surface area (Å²) in [5.74, 6) is 0. The molecular weight excluding hydrogens is 71.0 g/mol. The van der Waals surface area contributed by atoms with Gasteiger partial charge >= 0.3 is 0 Å². The zero-order valence-electron chi connectivity index (χ0n) is 3.20. The van der Waals surface area contributed by atoms with Crippen LogP contribution in [0.1, 0.15) is 0 Å². The zero-order valence-corrected chi connectivity index (χ0v) is 3.20. The average Bonchev–Trinajstić information content (AvgIpc) is 1.46. The van der Waals surface area contributed by atoms with Gasteiger partial charge in [0.25, 0.3) is 0 Å². The molecule has 0 aliphatic carbocycles. The van der Waals surface area contributed by atoms with E-state index < -0.39 is 0 Å². The molecule has 0 aromatic rings. The fourth-order valence-corrected chi connectivity index (χ4v) is 0. The third kappa shape index (κ3) is 70.4. The maximum atomic E-state index is 9.79. The van der Waals surface area contributed by atoms with Crippen molar-refractivity contribution >= 4 is 0 Å². The molecule has 2 heteroatoms. The Morgan fingerprint density at radius 3 is 1.60 bits per heavy atom. The lowest BCUT2D eigenvalue weighted by Crippen LogP contribution is -1.43. The Morgan fingerprint density at radius 1 is 1.60 bits per heavy atom. The maximum Gasteiger partial charge on any atom is 0.0766 e. The first-order chi connectivity index (χ1) is 2.41. The molecule has 0 N–H and O–H groups in total. The minimum atomic E-state index is 0.958. The predicted octanol–water partition coefficient (Wildman–Crippen LogP) is 1.32. The number of halogens is 1. The molecule has 0 aliphatic rings. The third-order valence-corrected chi connectivity index (χ3v) is 0. The van der Waals surface area contributed by atoms with Crippen LogP contribution in [0.15, 0.2) is 13.2 Å². The van der Waals surface area contributed by atoms with Crippen molar-refractivity contribution in [3.05, 3.63) is 13.2 Å². The summed E-state index contributed by atoms with van der Waals surface area (Å²) < 4.78 is 9.79. The molecule has 0 aliphatic heterocycles. The van der Waals surface area contributed by atoms with Crippen molar-refractivity contribution in [3.63, 3.8) is 0 Å². The van der Waals surface area contributed by atoms with Gasteiger partial charge in [-0.15, -0.1) is 13.2 Å². The van der Waals surface area contributed by atoms with E-state index in [4.69, 9.17) is 0 Å². The van der Waals surface area contributed by atoms with E-state index in [9.17, 15) is 4.53 Å². The van der Waals surface area contributed by atoms with Crippen LogP contribution in [-0.4, -0.2) is 7.11 Å². The third-order valence-electron chi connectivity index (χ3n) is 0. The van der Waals surface area contributed by atoms with Gasteiger partial charge in [-0.1, -0.05) is 0 Å². The summed E-state index contributed by atoms with van der Waals surface area (Å²) in [5.41, 5.74) is 0. The molecule has 0 aromatic carbocycles. The van der Waals surface area contributed by atoms with E-state index in [1.54, 1.807) is 0 Å². The van der Waals surface area contributed by atoms with Crippen molar-refractivity contribution in [2.75, 3.05) is 7.11 Å². The summed E-state index contributed by atoms with van der Waals surface area (Å²) >= 11 is 0. The highest BCUT2D eigenvalue weighted by molar-refractivity contribution is 4.22. The second-order valence-corrected chi connectivity index (χ2v) is 0.154. The quantitative estimate of drug-likeness (QED) is 0.397. The first-order valence-electron chi connectivity index (χ1n) is 1.06. The average molecular weight is 78.1 g/mol. The van der Waals surface area contributed by atoms with Crippen LogP contribution in [0.2, 0.25) is 0 Å². The zero-order chi connectivity index (χ0) is 4.71. The van der Waals surface area contributed by atoms with Gasteiger partial charge in [0.05, 0.1) is 7.11 Å². The van der Waals surface area contributed by atoms with E-state index in [1.807, 2.05) is 0 Å². The molecule has 5 heavy (non-hydrogen) atoms. The second kappa shape index (κ2) is 63.3. The molecule has 0 rings (SSSR count). The van der Waals surface area contributed by atoms with Crippen molar-refractivity contribution < 1.29 is 9.47 Å². The predicted molar refractivity (Wildman–Crippen MR) is 19.4 cm³/mol. The highest BCUT2D eigenvalue weighted by atomic mass is 19.3. The fourth-order valence-electron chi connectivity index (χ4n) is 0. The monoisotopic (exact) mass is 78.0 g/mol. The number of rotatable bonds is 0. The summed E-state index contributed by atoms with van der Waals surface area (Å²) in [6, 6.07) is 0. The highest BCUT2D eigenvalue weighted by Crippen LogP contribution is 1.48. The summed E-state index contributed by atoms with van der Waals surface area (Å²) in [5, 5.41) is 0. The Hall–Kier alpha value is -0.370. The first-order valence-corrected chi connectivity index (χ1v) is 1.06. The van der Waals surface area contributed by atoms with Crippen LogP contribution in [0.5, 0.6) is 0 Å². The smallest absolute Gasteiger partial charge is 0.0766 e. The molecule has 1 nitrogen and oxygen atoms in total. The van der Waals surface area contributed by atoms with Gasteiger partial charge in [0.1, 0.15) is 0 Å². The summed E-state index contributed by atoms with van der Waals surface area (Å²) in [6.45, 7) is 6.00. The SMILES string of the molecule is C=C.COF. The van der Waals surface area contributed by atoms with Crippen molar-refractivity contribution in [3.8, 4) is 0 Å². The van der Waals surface area contributed by atoms with Crippen LogP contribution in [0.4, 0.5) is 4.53 Å². The molecular formula is C3H7FO. The molecule has 0 saturated carbocycles. The van der Waals surface area contributed by atoms with Crippen LogP contribution in [0.25, 0.3) is 0 Å². The largest absolute Gasteiger partial charge is 0.198 e. The summed E-state index contributed by atoms with van der Waals surface area (Å²) in [6.07, 6.45) is 0. The van der Waals surface area contributed by atoms with Gasteiger partial charge in [-0.25, -0.2) is 0 Å². The van der Waals surface area contributed by atoms with Gasteiger partial charge < -0.3 is 0 Å². The number of hydrogen-bond acceptors (Lipinski definition) is 1. The highest BCUT2D eigenvalue weighted by Gasteiger charge is 1.33. The second-order valence-electron chi connectivity index (χ2n) is 0.154. The van der Waals surface area contributed by atoms with Crippen molar-refractivity contribution in [1.29, 1.82) is 0 Å². The van der Waals surface area contributed by atoms with Gasteiger partial charge in [-0.05, 0) is 4.53 Å². The van der Waals surface area contributed by atoms with Gasteiger partial charge in [0.2, 0.25) is 0 Å². The molecule has 0 atom stereocenters. The van der Waals surface area contributed by atoms with Gasteiger partial charge in [-0.3, -0.25) is 0 Å². The molecule has 0 aromatic heterocycles. The van der Waals surface area contributed by atoms with E-state index in [0.717, 1.165) is 7.11 Å². The summed E-state index contributed by atoms with van der Waals surface area (Å²) in [7, 11) is 0.958. The van der Waals surface area contributed by atoms with E-state index in [0.29, 0.717) is 0 Å². The molecule has 0 radical (unpaired) electrons. The Morgan fingerprint density at radius 2 is 1.60 bits per heavy atom. The lowest BCUT2D eigenvalue weighted by molar-refractivity contribution is -0.0960. The van der Waals surface area contributed by atoms with Crippen LogP contribution < -0.4 is 0 Å².